The molecule has 1 amide bonds. The number of aliphatic hydroxyl groups is 1. The van der Waals surface area contributed by atoms with Gasteiger partial charge in [-0.2, -0.15) is 0 Å². The van der Waals surface area contributed by atoms with Crippen molar-refractivity contribution in [2.45, 2.75) is 46.3 Å². The smallest absolute Gasteiger partial charge is 0.407 e. The van der Waals surface area contributed by atoms with Crippen molar-refractivity contribution in [1.82, 2.24) is 5.32 Å². The first kappa shape index (κ1) is 17.1. The van der Waals surface area contributed by atoms with Crippen LogP contribution in [0.5, 0.6) is 0 Å². The van der Waals surface area contributed by atoms with Crippen LogP contribution in [0.3, 0.4) is 0 Å². The summed E-state index contributed by atoms with van der Waals surface area (Å²) < 4.78 is 5.12. The number of carbonyl (C=O) groups is 1. The maximum Gasteiger partial charge on any atom is 0.407 e. The summed E-state index contributed by atoms with van der Waals surface area (Å²) in [5.74, 6) is 6.04. The number of alkyl carbamates (subject to hydrolysis) is 1. The van der Waals surface area contributed by atoms with Gasteiger partial charge in [0.05, 0.1) is 6.61 Å². The van der Waals surface area contributed by atoms with Crippen LogP contribution in [-0.2, 0) is 11.3 Å². The fraction of sp³-hybridized carbons (Fsp3) is 0.471. The summed E-state index contributed by atoms with van der Waals surface area (Å²) in [6.07, 6.45) is 0.132. The van der Waals surface area contributed by atoms with Crippen LogP contribution in [0.2, 0.25) is 0 Å². The molecule has 0 bridgehead atoms. The molecule has 0 aromatic heterocycles. The average Bonchev–Trinajstić information content (AvgIpc) is 2.36. The zero-order chi connectivity index (χ0) is 15.9. The Kier molecular flexibility index (Phi) is 6.26. The van der Waals surface area contributed by atoms with E-state index in [1.807, 2.05) is 45.9 Å². The minimum Gasteiger partial charge on any atom is -0.444 e. The van der Waals surface area contributed by atoms with E-state index in [9.17, 15) is 4.79 Å². The normalized spacial score (nSPS) is 10.5. The van der Waals surface area contributed by atoms with Crippen LogP contribution in [-0.4, -0.2) is 23.3 Å². The number of hydrogen-bond donors (Lipinski definition) is 2. The number of ether oxygens (including phenoxy) is 1. The second-order valence-corrected chi connectivity index (χ2v) is 5.78. The number of benzene rings is 1. The first-order chi connectivity index (χ1) is 9.81. The van der Waals surface area contributed by atoms with Crippen LogP contribution in [0.4, 0.5) is 4.79 Å². The Labute approximate surface area is 126 Å². The molecule has 0 spiro atoms. The lowest BCUT2D eigenvalue weighted by Gasteiger charge is -2.19. The van der Waals surface area contributed by atoms with Gasteiger partial charge in [0.1, 0.15) is 5.60 Å². The molecule has 0 aliphatic rings. The Balaban J connectivity index is 2.40. The van der Waals surface area contributed by atoms with E-state index >= 15 is 0 Å². The highest BCUT2D eigenvalue weighted by Gasteiger charge is 2.15. The Hall–Kier alpha value is -1.99. The lowest BCUT2D eigenvalue weighted by Crippen LogP contribution is -2.32. The number of carbonyl (C=O) groups excluding carboxylic acids is 1. The van der Waals surface area contributed by atoms with E-state index in [4.69, 9.17) is 9.84 Å². The highest BCUT2D eigenvalue weighted by Crippen LogP contribution is 2.10. The summed E-state index contributed by atoms with van der Waals surface area (Å²) in [7, 11) is 0. The highest BCUT2D eigenvalue weighted by molar-refractivity contribution is 5.67. The van der Waals surface area contributed by atoms with Gasteiger partial charge in [-0.25, -0.2) is 4.79 Å². The molecule has 0 fully saturated rings. The van der Waals surface area contributed by atoms with Crippen LogP contribution in [0.25, 0.3) is 0 Å². The van der Waals surface area contributed by atoms with Crippen LogP contribution in [0.1, 0.15) is 43.9 Å². The molecular formula is C17H23NO3. The predicted molar refractivity (Wildman–Crippen MR) is 82.8 cm³/mol. The molecule has 1 rings (SSSR count). The molecular weight excluding hydrogens is 266 g/mol. The molecule has 0 aliphatic carbocycles. The van der Waals surface area contributed by atoms with Gasteiger partial charge < -0.3 is 15.2 Å². The molecule has 0 unspecified atom stereocenters. The number of nitrogens with one attached hydrogen (secondary N) is 1. The number of amides is 1. The van der Waals surface area contributed by atoms with Crippen molar-refractivity contribution in [1.29, 1.82) is 0 Å². The largest absolute Gasteiger partial charge is 0.444 e. The maximum absolute atomic E-state index is 11.4. The van der Waals surface area contributed by atoms with Crippen molar-refractivity contribution in [3.05, 3.63) is 34.9 Å². The summed E-state index contributed by atoms with van der Waals surface area (Å²) in [6.45, 7) is 7.91. The lowest BCUT2D eigenvalue weighted by molar-refractivity contribution is 0.0529. The third kappa shape index (κ3) is 6.82. The van der Waals surface area contributed by atoms with Crippen molar-refractivity contribution >= 4 is 6.09 Å². The Bertz CT molecular complexity index is 547. The second-order valence-electron chi connectivity index (χ2n) is 5.78. The third-order valence-electron chi connectivity index (χ3n) is 2.66. The van der Waals surface area contributed by atoms with E-state index in [1.165, 1.54) is 0 Å². The SMILES string of the molecule is Cc1cc(C#CCCNC(=O)OC(C)(C)C)ccc1CO. The van der Waals surface area contributed by atoms with E-state index in [-0.39, 0.29) is 6.61 Å². The molecule has 21 heavy (non-hydrogen) atoms. The summed E-state index contributed by atoms with van der Waals surface area (Å²) in [5, 5.41) is 11.8. The summed E-state index contributed by atoms with van der Waals surface area (Å²) in [6, 6.07) is 5.70. The van der Waals surface area contributed by atoms with Crippen LogP contribution >= 0.6 is 0 Å². The number of hydrogen-bond acceptors (Lipinski definition) is 3. The van der Waals surface area contributed by atoms with Crippen molar-refractivity contribution in [2.24, 2.45) is 0 Å². The van der Waals surface area contributed by atoms with Crippen molar-refractivity contribution < 1.29 is 14.6 Å². The summed E-state index contributed by atoms with van der Waals surface area (Å²) in [5.41, 5.74) is 2.35. The van der Waals surface area contributed by atoms with E-state index in [2.05, 4.69) is 17.2 Å². The van der Waals surface area contributed by atoms with Gasteiger partial charge >= 0.3 is 6.09 Å². The van der Waals surface area contributed by atoms with Gasteiger partial charge in [-0.3, -0.25) is 0 Å². The van der Waals surface area contributed by atoms with E-state index in [1.54, 1.807) is 0 Å². The molecule has 4 heteroatoms. The van der Waals surface area contributed by atoms with Gasteiger partial charge in [0.2, 0.25) is 0 Å². The lowest BCUT2D eigenvalue weighted by atomic mass is 10.1. The molecule has 0 atom stereocenters. The quantitative estimate of drug-likeness (QED) is 0.664. The number of aryl methyl sites for hydroxylation is 1. The molecule has 0 heterocycles. The van der Waals surface area contributed by atoms with Crippen LogP contribution in [0, 0.1) is 18.8 Å². The van der Waals surface area contributed by atoms with Crippen molar-refractivity contribution in [3.63, 3.8) is 0 Å². The van der Waals surface area contributed by atoms with Crippen molar-refractivity contribution in [2.75, 3.05) is 6.54 Å². The average molecular weight is 289 g/mol. The van der Waals surface area contributed by atoms with Gasteiger partial charge in [-0.05, 0) is 51.0 Å². The first-order valence-electron chi connectivity index (χ1n) is 6.98. The molecule has 1 aromatic rings. The fourth-order valence-electron chi connectivity index (χ4n) is 1.66. The zero-order valence-electron chi connectivity index (χ0n) is 13.1. The monoisotopic (exact) mass is 289 g/mol. The van der Waals surface area contributed by atoms with Crippen molar-refractivity contribution in [3.8, 4) is 11.8 Å². The number of rotatable bonds is 3. The molecule has 0 aliphatic heterocycles. The van der Waals surface area contributed by atoms with Gasteiger partial charge in [-0.15, -0.1) is 0 Å². The molecule has 1 aromatic carbocycles. The topological polar surface area (TPSA) is 58.6 Å². The molecule has 0 radical (unpaired) electrons. The van der Waals surface area contributed by atoms with E-state index in [0.29, 0.717) is 13.0 Å². The zero-order valence-corrected chi connectivity index (χ0v) is 13.1. The Morgan fingerprint density at radius 3 is 2.67 bits per heavy atom. The van der Waals surface area contributed by atoms with Crippen LogP contribution in [0.15, 0.2) is 18.2 Å². The van der Waals surface area contributed by atoms with Crippen LogP contribution < -0.4 is 5.32 Å². The summed E-state index contributed by atoms with van der Waals surface area (Å²) >= 11 is 0. The molecule has 114 valence electrons. The third-order valence-corrected chi connectivity index (χ3v) is 2.66. The molecule has 4 nitrogen and oxygen atoms in total. The maximum atomic E-state index is 11.4. The highest BCUT2D eigenvalue weighted by atomic mass is 16.6. The fourth-order valence-corrected chi connectivity index (χ4v) is 1.66. The van der Waals surface area contributed by atoms with Gasteiger partial charge in [0.25, 0.3) is 0 Å². The molecule has 0 saturated heterocycles. The van der Waals surface area contributed by atoms with Gasteiger partial charge in [0, 0.05) is 18.5 Å². The summed E-state index contributed by atoms with van der Waals surface area (Å²) in [4.78, 5) is 11.4. The Morgan fingerprint density at radius 2 is 2.10 bits per heavy atom. The minimum absolute atomic E-state index is 0.0410. The van der Waals surface area contributed by atoms with Gasteiger partial charge in [0.15, 0.2) is 0 Å². The Morgan fingerprint density at radius 1 is 1.38 bits per heavy atom. The molecule has 0 saturated carbocycles. The molecule has 2 N–H and O–H groups in total. The standard InChI is InChI=1S/C17H23NO3/c1-13-11-14(8-9-15(13)12-19)7-5-6-10-18-16(20)21-17(2,3)4/h8-9,11,19H,6,10,12H2,1-4H3,(H,18,20). The van der Waals surface area contributed by atoms with E-state index < -0.39 is 11.7 Å². The predicted octanol–water partition coefficient (Wildman–Crippen LogP) is 2.75. The second kappa shape index (κ2) is 7.70. The van der Waals surface area contributed by atoms with Gasteiger partial charge in [-0.1, -0.05) is 17.9 Å². The van der Waals surface area contributed by atoms with E-state index in [0.717, 1.165) is 16.7 Å². The first-order valence-corrected chi connectivity index (χ1v) is 6.98. The minimum atomic E-state index is -0.484. The number of aliphatic hydroxyl groups excluding tert-OH is 1.